The molecule has 0 aliphatic carbocycles. The Hall–Kier alpha value is -1.44. The zero-order chi connectivity index (χ0) is 11.3. The molecule has 0 saturated heterocycles. The third kappa shape index (κ3) is 3.66. The molecule has 0 spiro atoms. The zero-order valence-electron chi connectivity index (χ0n) is 7.61. The van der Waals surface area contributed by atoms with Gasteiger partial charge in [-0.05, 0) is 28.7 Å². The first-order valence-electron chi connectivity index (χ1n) is 3.98. The highest BCUT2D eigenvalue weighted by Gasteiger charge is 2.05. The van der Waals surface area contributed by atoms with Crippen molar-refractivity contribution in [3.05, 3.63) is 33.4 Å². The van der Waals surface area contributed by atoms with Gasteiger partial charge in [-0.15, -0.1) is 0 Å². The maximum atomic E-state index is 10.7. The number of halogens is 1. The fraction of sp³-hybridized carbons (Fsp3) is 0. The number of hydrazone groups is 1. The number of rotatable bonds is 2. The SMILES string of the molecule is NC(=O)C(=O)N/N=C\c1ccccc1I. The molecule has 3 N–H and O–H groups in total. The van der Waals surface area contributed by atoms with Crippen LogP contribution in [0.15, 0.2) is 29.4 Å². The lowest BCUT2D eigenvalue weighted by atomic mass is 10.2. The van der Waals surface area contributed by atoms with E-state index in [4.69, 9.17) is 5.73 Å². The molecule has 0 aliphatic rings. The quantitative estimate of drug-likeness (QED) is 0.354. The molecule has 78 valence electrons. The van der Waals surface area contributed by atoms with Crippen molar-refractivity contribution in [3.63, 3.8) is 0 Å². The Morgan fingerprint density at radius 2 is 2.07 bits per heavy atom. The lowest BCUT2D eigenvalue weighted by Crippen LogP contribution is -2.32. The largest absolute Gasteiger partial charge is 0.361 e. The Morgan fingerprint density at radius 3 is 2.67 bits per heavy atom. The first kappa shape index (κ1) is 11.6. The van der Waals surface area contributed by atoms with Gasteiger partial charge in [0.05, 0.1) is 6.21 Å². The number of benzene rings is 1. The average Bonchev–Trinajstić information content (AvgIpc) is 2.20. The molecule has 15 heavy (non-hydrogen) atoms. The molecule has 1 aromatic carbocycles. The number of amides is 2. The van der Waals surface area contributed by atoms with Crippen molar-refractivity contribution in [2.24, 2.45) is 10.8 Å². The van der Waals surface area contributed by atoms with E-state index in [1.165, 1.54) is 6.21 Å². The third-order valence-electron chi connectivity index (χ3n) is 1.50. The van der Waals surface area contributed by atoms with E-state index in [9.17, 15) is 9.59 Å². The number of carbonyl (C=O) groups is 2. The van der Waals surface area contributed by atoms with E-state index >= 15 is 0 Å². The second kappa shape index (κ2) is 5.44. The van der Waals surface area contributed by atoms with Crippen LogP contribution in [-0.2, 0) is 9.59 Å². The van der Waals surface area contributed by atoms with Crippen molar-refractivity contribution < 1.29 is 9.59 Å². The van der Waals surface area contributed by atoms with Gasteiger partial charge in [0.1, 0.15) is 0 Å². The molecule has 0 radical (unpaired) electrons. The molecule has 1 aromatic rings. The van der Waals surface area contributed by atoms with E-state index in [2.05, 4.69) is 27.7 Å². The van der Waals surface area contributed by atoms with E-state index in [0.29, 0.717) is 0 Å². The number of primary amides is 1. The highest BCUT2D eigenvalue weighted by molar-refractivity contribution is 14.1. The molecule has 6 heteroatoms. The van der Waals surface area contributed by atoms with Crippen molar-refractivity contribution in [2.45, 2.75) is 0 Å². The molecule has 0 saturated carbocycles. The Balaban J connectivity index is 2.63. The van der Waals surface area contributed by atoms with Crippen molar-refractivity contribution >= 4 is 40.6 Å². The van der Waals surface area contributed by atoms with Gasteiger partial charge in [-0.1, -0.05) is 18.2 Å². The standard InChI is InChI=1S/C9H8IN3O2/c10-7-4-2-1-3-6(7)5-12-13-9(15)8(11)14/h1-5H,(H2,11,14)(H,13,15)/b12-5-. The van der Waals surface area contributed by atoms with Gasteiger partial charge in [0, 0.05) is 9.13 Å². The van der Waals surface area contributed by atoms with Gasteiger partial charge in [-0.2, -0.15) is 5.10 Å². The van der Waals surface area contributed by atoms with E-state index in [-0.39, 0.29) is 0 Å². The van der Waals surface area contributed by atoms with Crippen LogP contribution in [0.3, 0.4) is 0 Å². The van der Waals surface area contributed by atoms with Gasteiger partial charge in [-0.3, -0.25) is 9.59 Å². The molecule has 1 rings (SSSR count). The van der Waals surface area contributed by atoms with E-state index in [1.807, 2.05) is 29.7 Å². The Kier molecular flexibility index (Phi) is 4.22. The topological polar surface area (TPSA) is 84.5 Å². The van der Waals surface area contributed by atoms with E-state index in [0.717, 1.165) is 9.13 Å². The fourth-order valence-corrected chi connectivity index (χ4v) is 1.32. The van der Waals surface area contributed by atoms with Crippen LogP contribution in [0.4, 0.5) is 0 Å². The predicted octanol–water partition coefficient (Wildman–Crippen LogP) is 0.227. The number of nitrogens with two attached hydrogens (primary N) is 1. The van der Waals surface area contributed by atoms with Crippen LogP contribution in [-0.4, -0.2) is 18.0 Å². The summed E-state index contributed by atoms with van der Waals surface area (Å²) in [6, 6.07) is 7.47. The predicted molar refractivity (Wildman–Crippen MR) is 64.1 cm³/mol. The van der Waals surface area contributed by atoms with Crippen LogP contribution in [0.2, 0.25) is 0 Å². The Labute approximate surface area is 99.9 Å². The minimum Gasteiger partial charge on any atom is -0.361 e. The molecule has 5 nitrogen and oxygen atoms in total. The van der Waals surface area contributed by atoms with Crippen LogP contribution in [0.1, 0.15) is 5.56 Å². The number of carbonyl (C=O) groups excluding carboxylic acids is 2. The number of hydrogen-bond acceptors (Lipinski definition) is 3. The molecule has 0 unspecified atom stereocenters. The molecule has 0 fully saturated rings. The molecule has 0 heterocycles. The summed E-state index contributed by atoms with van der Waals surface area (Å²) in [4.78, 5) is 21.1. The maximum Gasteiger partial charge on any atom is 0.329 e. The lowest BCUT2D eigenvalue weighted by Gasteiger charge is -1.96. The van der Waals surface area contributed by atoms with Gasteiger partial charge in [0.25, 0.3) is 0 Å². The van der Waals surface area contributed by atoms with E-state index in [1.54, 1.807) is 0 Å². The van der Waals surface area contributed by atoms with Gasteiger partial charge in [-0.25, -0.2) is 5.43 Å². The van der Waals surface area contributed by atoms with Gasteiger partial charge >= 0.3 is 11.8 Å². The van der Waals surface area contributed by atoms with Crippen molar-refractivity contribution in [2.75, 3.05) is 0 Å². The summed E-state index contributed by atoms with van der Waals surface area (Å²) in [6.45, 7) is 0. The first-order chi connectivity index (χ1) is 7.11. The van der Waals surface area contributed by atoms with Crippen molar-refractivity contribution in [3.8, 4) is 0 Å². The Morgan fingerprint density at radius 1 is 1.40 bits per heavy atom. The molecule has 0 atom stereocenters. The summed E-state index contributed by atoms with van der Waals surface area (Å²) in [7, 11) is 0. The molecule has 2 amide bonds. The van der Waals surface area contributed by atoms with Crippen LogP contribution >= 0.6 is 22.6 Å². The molecule has 0 aliphatic heterocycles. The second-order valence-corrected chi connectivity index (χ2v) is 3.75. The van der Waals surface area contributed by atoms with E-state index < -0.39 is 11.8 Å². The normalized spacial score (nSPS) is 10.2. The minimum atomic E-state index is -1.06. The van der Waals surface area contributed by atoms with Gasteiger partial charge in [0.15, 0.2) is 0 Å². The van der Waals surface area contributed by atoms with Gasteiger partial charge < -0.3 is 5.73 Å². The average molecular weight is 317 g/mol. The summed E-state index contributed by atoms with van der Waals surface area (Å²) in [5.74, 6) is -1.99. The smallest absolute Gasteiger partial charge is 0.329 e. The second-order valence-electron chi connectivity index (χ2n) is 2.58. The minimum absolute atomic E-state index is 0.850. The fourth-order valence-electron chi connectivity index (χ4n) is 0.795. The highest BCUT2D eigenvalue weighted by atomic mass is 127. The number of hydrogen-bond donors (Lipinski definition) is 2. The highest BCUT2D eigenvalue weighted by Crippen LogP contribution is 2.08. The van der Waals surface area contributed by atoms with Gasteiger partial charge in [0.2, 0.25) is 0 Å². The molecular formula is C9H8IN3O2. The third-order valence-corrected chi connectivity index (χ3v) is 2.48. The molecule has 0 bridgehead atoms. The first-order valence-corrected chi connectivity index (χ1v) is 5.06. The number of nitrogens with zero attached hydrogens (tertiary/aromatic N) is 1. The van der Waals surface area contributed by atoms with Crippen LogP contribution < -0.4 is 11.2 Å². The summed E-state index contributed by atoms with van der Waals surface area (Å²) in [5.41, 5.74) is 7.58. The summed E-state index contributed by atoms with van der Waals surface area (Å²) in [6.07, 6.45) is 1.45. The van der Waals surface area contributed by atoms with Crippen molar-refractivity contribution in [1.29, 1.82) is 0 Å². The Bertz CT molecular complexity index is 418. The molecular weight excluding hydrogens is 309 g/mol. The number of nitrogens with one attached hydrogen (secondary N) is 1. The molecule has 0 aromatic heterocycles. The van der Waals surface area contributed by atoms with Crippen LogP contribution in [0, 0.1) is 3.57 Å². The summed E-state index contributed by atoms with van der Waals surface area (Å²) in [5, 5.41) is 3.59. The summed E-state index contributed by atoms with van der Waals surface area (Å²) < 4.78 is 0.993. The lowest BCUT2D eigenvalue weighted by molar-refractivity contribution is -0.137. The zero-order valence-corrected chi connectivity index (χ0v) is 9.76. The van der Waals surface area contributed by atoms with Crippen LogP contribution in [0.5, 0.6) is 0 Å². The summed E-state index contributed by atoms with van der Waals surface area (Å²) >= 11 is 2.14. The maximum absolute atomic E-state index is 10.7. The van der Waals surface area contributed by atoms with Crippen LogP contribution in [0.25, 0.3) is 0 Å². The van der Waals surface area contributed by atoms with Crippen molar-refractivity contribution in [1.82, 2.24) is 5.43 Å². The monoisotopic (exact) mass is 317 g/mol.